The predicted molar refractivity (Wildman–Crippen MR) is 169 cm³/mol. The number of ether oxygens (including phenoxy) is 2. The number of hydrogen-bond acceptors (Lipinski definition) is 5. The van der Waals surface area contributed by atoms with Crippen molar-refractivity contribution >= 4 is 17.3 Å². The fraction of sp³-hybridized carbons (Fsp3) is 0.184. The van der Waals surface area contributed by atoms with E-state index in [1.807, 2.05) is 36.4 Å². The minimum atomic E-state index is -1.07. The number of anilines is 2. The Morgan fingerprint density at radius 2 is 1.26 bits per heavy atom. The van der Waals surface area contributed by atoms with Crippen LogP contribution < -0.4 is 14.5 Å². The summed E-state index contributed by atoms with van der Waals surface area (Å²) in [5.74, 6) is 1.13. The van der Waals surface area contributed by atoms with E-state index >= 15 is 0 Å². The first-order valence-corrected chi connectivity index (χ1v) is 15.1. The molecule has 3 aliphatic rings. The van der Waals surface area contributed by atoms with Crippen LogP contribution in [0.15, 0.2) is 121 Å². The monoisotopic (exact) mass is 564 g/mol. The van der Waals surface area contributed by atoms with Gasteiger partial charge in [-0.15, -0.1) is 0 Å². The molecule has 5 aromatic rings. The number of benzene rings is 5. The third kappa shape index (κ3) is 4.35. The molecule has 1 spiro atoms. The lowest BCUT2D eigenvalue weighted by Gasteiger charge is -2.38. The highest BCUT2D eigenvalue weighted by molar-refractivity contribution is 5.97. The van der Waals surface area contributed by atoms with E-state index in [2.05, 4.69) is 94.7 Å². The van der Waals surface area contributed by atoms with Gasteiger partial charge in [0.1, 0.15) is 11.5 Å². The Balaban J connectivity index is 1.27. The summed E-state index contributed by atoms with van der Waals surface area (Å²) in [7, 11) is 0. The number of hydrogen-bond donors (Lipinski definition) is 0. The Hall–Kier alpha value is -5.03. The topological polar surface area (TPSA) is 42.0 Å². The van der Waals surface area contributed by atoms with Crippen molar-refractivity contribution in [2.75, 3.05) is 22.9 Å². The van der Waals surface area contributed by atoms with Crippen molar-refractivity contribution in [3.8, 4) is 11.5 Å². The molecule has 5 aromatic carbocycles. The molecular formula is C38H32N2O3. The van der Waals surface area contributed by atoms with Crippen LogP contribution >= 0.6 is 0 Å². The lowest BCUT2D eigenvalue weighted by molar-refractivity contribution is 0.0224. The van der Waals surface area contributed by atoms with Crippen LogP contribution in [0.5, 0.6) is 11.5 Å². The lowest BCUT2D eigenvalue weighted by Crippen LogP contribution is -2.33. The molecule has 0 aromatic heterocycles. The highest BCUT2D eigenvalue weighted by Gasteiger charge is 2.53. The van der Waals surface area contributed by atoms with Gasteiger partial charge in [0.2, 0.25) is 0 Å². The predicted octanol–water partition coefficient (Wildman–Crippen LogP) is 8.06. The van der Waals surface area contributed by atoms with Gasteiger partial charge in [-0.2, -0.15) is 0 Å². The van der Waals surface area contributed by atoms with Crippen LogP contribution in [0.1, 0.15) is 51.0 Å². The summed E-state index contributed by atoms with van der Waals surface area (Å²) in [6.45, 7) is 3.56. The number of esters is 1. The van der Waals surface area contributed by atoms with Gasteiger partial charge in [0.15, 0.2) is 5.60 Å². The van der Waals surface area contributed by atoms with Crippen LogP contribution in [0.25, 0.3) is 0 Å². The van der Waals surface area contributed by atoms with E-state index in [4.69, 9.17) is 9.47 Å². The maximum absolute atomic E-state index is 13.3. The van der Waals surface area contributed by atoms with Crippen molar-refractivity contribution in [3.63, 3.8) is 0 Å². The SMILES string of the molecule is O=C1OC2(c3ccc(N4CCCC4)cc3Oc3cc(N(Cc4ccccc4)Cc4ccccc4)ccc32)c2ccccc21. The second kappa shape index (κ2) is 10.4. The van der Waals surface area contributed by atoms with Crippen LogP contribution in [-0.2, 0) is 23.4 Å². The molecule has 0 N–H and O–H groups in total. The van der Waals surface area contributed by atoms with Crippen LogP contribution in [0, 0.1) is 0 Å². The van der Waals surface area contributed by atoms with Gasteiger partial charge in [-0.1, -0.05) is 78.9 Å². The number of rotatable bonds is 6. The fourth-order valence-electron chi connectivity index (χ4n) is 6.87. The normalized spacial score (nSPS) is 18.0. The van der Waals surface area contributed by atoms with Crippen molar-refractivity contribution in [1.29, 1.82) is 0 Å². The molecule has 212 valence electrons. The summed E-state index contributed by atoms with van der Waals surface area (Å²) in [5, 5.41) is 0. The van der Waals surface area contributed by atoms with Gasteiger partial charge in [-0.25, -0.2) is 4.79 Å². The van der Waals surface area contributed by atoms with E-state index in [1.54, 1.807) is 0 Å². The Bertz CT molecular complexity index is 1770. The van der Waals surface area contributed by atoms with Crippen LogP contribution in [0.4, 0.5) is 11.4 Å². The van der Waals surface area contributed by atoms with E-state index in [0.29, 0.717) is 11.3 Å². The zero-order valence-electron chi connectivity index (χ0n) is 23.9. The first-order valence-electron chi connectivity index (χ1n) is 15.1. The molecule has 0 radical (unpaired) electrons. The van der Waals surface area contributed by atoms with Crippen molar-refractivity contribution in [3.05, 3.63) is 155 Å². The number of carbonyl (C=O) groups excluding carboxylic acids is 1. The molecule has 43 heavy (non-hydrogen) atoms. The van der Waals surface area contributed by atoms with Crippen molar-refractivity contribution < 1.29 is 14.3 Å². The molecule has 5 heteroatoms. The Kier molecular flexibility index (Phi) is 6.18. The van der Waals surface area contributed by atoms with Crippen LogP contribution in [0.3, 0.4) is 0 Å². The highest BCUT2D eigenvalue weighted by Crippen LogP contribution is 2.57. The number of carbonyl (C=O) groups is 1. The van der Waals surface area contributed by atoms with E-state index in [9.17, 15) is 4.79 Å². The second-order valence-electron chi connectivity index (χ2n) is 11.6. The molecule has 8 rings (SSSR count). The van der Waals surface area contributed by atoms with Gasteiger partial charge >= 0.3 is 5.97 Å². The third-order valence-electron chi connectivity index (χ3n) is 8.95. The summed E-state index contributed by atoms with van der Waals surface area (Å²) in [4.78, 5) is 18.1. The Morgan fingerprint density at radius 1 is 0.651 bits per heavy atom. The molecule has 1 fully saturated rings. The van der Waals surface area contributed by atoms with Crippen LogP contribution in [-0.4, -0.2) is 19.1 Å². The Morgan fingerprint density at radius 3 is 1.95 bits per heavy atom. The Labute approximate surface area is 251 Å². The molecule has 0 amide bonds. The molecule has 1 unspecified atom stereocenters. The smallest absolute Gasteiger partial charge is 0.340 e. The van der Waals surface area contributed by atoms with Gasteiger partial charge in [-0.05, 0) is 54.3 Å². The molecule has 0 bridgehead atoms. The average Bonchev–Trinajstić information content (AvgIpc) is 3.69. The molecular weight excluding hydrogens is 532 g/mol. The molecule has 0 saturated carbocycles. The van der Waals surface area contributed by atoms with Crippen molar-refractivity contribution in [1.82, 2.24) is 0 Å². The fourth-order valence-corrected chi connectivity index (χ4v) is 6.87. The summed E-state index contributed by atoms with van der Waals surface area (Å²) < 4.78 is 13.2. The summed E-state index contributed by atoms with van der Waals surface area (Å²) in [6, 6.07) is 41.5. The number of fused-ring (bicyclic) bond motifs is 6. The van der Waals surface area contributed by atoms with Gasteiger partial charge in [0.05, 0.1) is 5.56 Å². The van der Waals surface area contributed by atoms with Gasteiger partial charge in [0, 0.05) is 66.4 Å². The zero-order chi connectivity index (χ0) is 28.8. The van der Waals surface area contributed by atoms with Crippen molar-refractivity contribution in [2.45, 2.75) is 31.5 Å². The first-order chi connectivity index (χ1) is 21.2. The van der Waals surface area contributed by atoms with Gasteiger partial charge in [0.25, 0.3) is 0 Å². The minimum Gasteiger partial charge on any atom is -0.456 e. The second-order valence-corrected chi connectivity index (χ2v) is 11.6. The van der Waals surface area contributed by atoms with Gasteiger partial charge < -0.3 is 19.3 Å². The quantitative estimate of drug-likeness (QED) is 0.195. The maximum Gasteiger partial charge on any atom is 0.340 e. The molecule has 3 aliphatic heterocycles. The van der Waals surface area contributed by atoms with E-state index in [1.165, 1.54) is 24.0 Å². The van der Waals surface area contributed by atoms with Gasteiger partial charge in [-0.3, -0.25) is 0 Å². The maximum atomic E-state index is 13.3. The summed E-state index contributed by atoms with van der Waals surface area (Å²) in [5.41, 5.74) is 6.73. The molecule has 5 nitrogen and oxygen atoms in total. The molecule has 1 atom stereocenters. The van der Waals surface area contributed by atoms with E-state index in [0.717, 1.165) is 60.0 Å². The number of nitrogens with zero attached hydrogens (tertiary/aromatic N) is 2. The summed E-state index contributed by atoms with van der Waals surface area (Å²) in [6.07, 6.45) is 2.38. The molecule has 3 heterocycles. The minimum absolute atomic E-state index is 0.308. The molecule has 0 aliphatic carbocycles. The molecule has 1 saturated heterocycles. The van der Waals surface area contributed by atoms with E-state index in [-0.39, 0.29) is 5.97 Å². The lowest BCUT2D eigenvalue weighted by atomic mass is 9.77. The first kappa shape index (κ1) is 25.7. The largest absolute Gasteiger partial charge is 0.456 e. The standard InChI is InChI=1S/C38H32N2O3/c41-37-31-15-7-8-16-32(31)38(43-37)33-19-17-29(39-21-9-10-22-39)23-35(33)42-36-24-30(18-20-34(36)38)40(25-27-11-3-1-4-12-27)26-28-13-5-2-6-14-28/h1-8,11-20,23-24H,9-10,21-22,25-26H2. The van der Waals surface area contributed by atoms with Crippen LogP contribution in [0.2, 0.25) is 0 Å². The van der Waals surface area contributed by atoms with E-state index < -0.39 is 5.60 Å². The highest BCUT2D eigenvalue weighted by atomic mass is 16.6. The summed E-state index contributed by atoms with van der Waals surface area (Å²) >= 11 is 0. The van der Waals surface area contributed by atoms with Crippen molar-refractivity contribution in [2.24, 2.45) is 0 Å². The zero-order valence-corrected chi connectivity index (χ0v) is 23.9. The average molecular weight is 565 g/mol. The third-order valence-corrected chi connectivity index (χ3v) is 8.95.